The Balaban J connectivity index is 1.55. The molecule has 0 saturated carbocycles. The summed E-state index contributed by atoms with van der Waals surface area (Å²) >= 11 is 0. The Morgan fingerprint density at radius 3 is 2.85 bits per heavy atom. The summed E-state index contributed by atoms with van der Waals surface area (Å²) in [5, 5.41) is 2.75. The zero-order chi connectivity index (χ0) is 17.9. The molecule has 0 fully saturated rings. The Labute approximate surface area is 147 Å². The monoisotopic (exact) mass is 348 g/mol. The van der Waals surface area contributed by atoms with Gasteiger partial charge in [-0.3, -0.25) is 4.79 Å². The van der Waals surface area contributed by atoms with Gasteiger partial charge in [-0.05, 0) is 54.6 Å². The van der Waals surface area contributed by atoms with Gasteiger partial charge in [0.1, 0.15) is 17.1 Å². The van der Waals surface area contributed by atoms with Crippen molar-refractivity contribution in [2.45, 2.75) is 0 Å². The molecule has 0 aliphatic rings. The summed E-state index contributed by atoms with van der Waals surface area (Å²) < 4.78 is 24.1. The van der Waals surface area contributed by atoms with E-state index in [0.717, 1.165) is 0 Å². The third-order valence-electron chi connectivity index (χ3n) is 3.67. The van der Waals surface area contributed by atoms with E-state index in [9.17, 15) is 9.18 Å². The Hall–Kier alpha value is -3.67. The lowest BCUT2D eigenvalue weighted by Gasteiger charge is -2.00. The van der Waals surface area contributed by atoms with Crippen molar-refractivity contribution in [2.75, 3.05) is 5.32 Å². The van der Waals surface area contributed by atoms with Crippen LogP contribution < -0.4 is 5.32 Å². The number of amides is 1. The van der Waals surface area contributed by atoms with E-state index < -0.39 is 0 Å². The van der Waals surface area contributed by atoms with E-state index in [0.29, 0.717) is 34.0 Å². The number of halogens is 1. The van der Waals surface area contributed by atoms with Crippen LogP contribution in [0.1, 0.15) is 5.76 Å². The molecule has 0 bridgehead atoms. The molecule has 6 heteroatoms. The van der Waals surface area contributed by atoms with Crippen molar-refractivity contribution in [1.82, 2.24) is 4.98 Å². The summed E-state index contributed by atoms with van der Waals surface area (Å²) in [6, 6.07) is 14.6. The zero-order valence-corrected chi connectivity index (χ0v) is 13.5. The summed E-state index contributed by atoms with van der Waals surface area (Å²) in [5.41, 5.74) is 2.24. The van der Waals surface area contributed by atoms with Gasteiger partial charge in [0.05, 0.1) is 6.26 Å². The topological polar surface area (TPSA) is 68.3 Å². The lowest BCUT2D eigenvalue weighted by atomic mass is 10.2. The summed E-state index contributed by atoms with van der Waals surface area (Å²) in [7, 11) is 0. The number of anilines is 1. The number of hydrogen-bond donors (Lipinski definition) is 1. The fourth-order valence-electron chi connectivity index (χ4n) is 2.48. The highest BCUT2D eigenvalue weighted by atomic mass is 19.1. The number of carbonyl (C=O) groups excluding carboxylic acids is 1. The quantitative estimate of drug-likeness (QED) is 0.534. The molecule has 128 valence electrons. The van der Waals surface area contributed by atoms with E-state index in [4.69, 9.17) is 8.83 Å². The van der Waals surface area contributed by atoms with E-state index in [1.165, 1.54) is 24.5 Å². The Kier molecular flexibility index (Phi) is 4.07. The first-order chi connectivity index (χ1) is 12.7. The van der Waals surface area contributed by atoms with Crippen LogP contribution in [0.4, 0.5) is 10.1 Å². The number of carbonyl (C=O) groups is 1. The van der Waals surface area contributed by atoms with Gasteiger partial charge in [-0.2, -0.15) is 0 Å². The van der Waals surface area contributed by atoms with Crippen molar-refractivity contribution < 1.29 is 18.0 Å². The van der Waals surface area contributed by atoms with Crippen molar-refractivity contribution >= 4 is 28.8 Å². The number of rotatable bonds is 4. The molecule has 0 saturated heterocycles. The van der Waals surface area contributed by atoms with E-state index in [-0.39, 0.29) is 11.7 Å². The molecule has 26 heavy (non-hydrogen) atoms. The number of benzene rings is 2. The molecule has 1 N–H and O–H groups in total. The van der Waals surface area contributed by atoms with Gasteiger partial charge in [-0.15, -0.1) is 0 Å². The summed E-state index contributed by atoms with van der Waals surface area (Å²) in [6.07, 6.45) is 4.49. The minimum Gasteiger partial charge on any atom is -0.465 e. The lowest BCUT2D eigenvalue weighted by Crippen LogP contribution is -2.07. The van der Waals surface area contributed by atoms with Crippen molar-refractivity contribution in [3.63, 3.8) is 0 Å². The Morgan fingerprint density at radius 1 is 1.12 bits per heavy atom. The van der Waals surface area contributed by atoms with Gasteiger partial charge < -0.3 is 14.2 Å². The average molecular weight is 348 g/mol. The number of oxazole rings is 1. The molecule has 5 nitrogen and oxygen atoms in total. The van der Waals surface area contributed by atoms with Crippen molar-refractivity contribution in [3.8, 4) is 11.5 Å². The summed E-state index contributed by atoms with van der Waals surface area (Å²) in [5.74, 6) is 0.253. The maximum Gasteiger partial charge on any atom is 0.248 e. The van der Waals surface area contributed by atoms with Crippen LogP contribution in [-0.2, 0) is 4.79 Å². The molecule has 0 unspecified atom stereocenters. The maximum absolute atomic E-state index is 13.4. The van der Waals surface area contributed by atoms with Gasteiger partial charge >= 0.3 is 0 Å². The molecule has 0 radical (unpaired) electrons. The van der Waals surface area contributed by atoms with Gasteiger partial charge in [0.2, 0.25) is 11.8 Å². The smallest absolute Gasteiger partial charge is 0.248 e. The van der Waals surface area contributed by atoms with Gasteiger partial charge in [-0.25, -0.2) is 9.37 Å². The van der Waals surface area contributed by atoms with Gasteiger partial charge in [0.15, 0.2) is 5.58 Å². The molecule has 1 amide bonds. The first kappa shape index (κ1) is 15.8. The second kappa shape index (κ2) is 6.68. The number of furan rings is 1. The minimum atomic E-state index is -0.360. The van der Waals surface area contributed by atoms with E-state index in [1.807, 2.05) is 0 Å². The molecule has 2 aromatic heterocycles. The lowest BCUT2D eigenvalue weighted by molar-refractivity contribution is -0.111. The van der Waals surface area contributed by atoms with Crippen LogP contribution in [0, 0.1) is 5.82 Å². The maximum atomic E-state index is 13.4. The zero-order valence-electron chi connectivity index (χ0n) is 13.5. The highest BCUT2D eigenvalue weighted by molar-refractivity contribution is 6.02. The van der Waals surface area contributed by atoms with Crippen molar-refractivity contribution in [3.05, 3.63) is 78.5 Å². The van der Waals surface area contributed by atoms with Crippen LogP contribution >= 0.6 is 0 Å². The van der Waals surface area contributed by atoms with E-state index >= 15 is 0 Å². The Bertz CT molecular complexity index is 1100. The van der Waals surface area contributed by atoms with Crippen LogP contribution in [0.15, 0.2) is 75.8 Å². The third kappa shape index (κ3) is 3.39. The predicted molar refractivity (Wildman–Crippen MR) is 95.8 cm³/mol. The number of hydrogen-bond acceptors (Lipinski definition) is 4. The van der Waals surface area contributed by atoms with Crippen molar-refractivity contribution in [1.29, 1.82) is 0 Å². The number of nitrogens with zero attached hydrogens (tertiary/aromatic N) is 1. The standard InChI is InChI=1S/C20H13FN2O3/c21-14-4-1-3-13(11-14)20-23-17-12-15(6-8-18(17)26-20)22-19(24)9-7-16-5-2-10-25-16/h1-12H,(H,22,24)/b9-7+. The van der Waals surface area contributed by atoms with Crippen LogP contribution in [-0.4, -0.2) is 10.9 Å². The Morgan fingerprint density at radius 2 is 2.04 bits per heavy atom. The summed E-state index contributed by atoms with van der Waals surface area (Å²) in [6.45, 7) is 0. The molecule has 0 aliphatic heterocycles. The normalized spacial score (nSPS) is 11.3. The van der Waals surface area contributed by atoms with Crippen molar-refractivity contribution in [2.24, 2.45) is 0 Å². The first-order valence-corrected chi connectivity index (χ1v) is 7.86. The fraction of sp³-hybridized carbons (Fsp3) is 0. The molecular weight excluding hydrogens is 335 g/mol. The van der Waals surface area contributed by atoms with Gasteiger partial charge in [0.25, 0.3) is 0 Å². The average Bonchev–Trinajstić information content (AvgIpc) is 3.29. The van der Waals surface area contributed by atoms with Crippen LogP contribution in [0.2, 0.25) is 0 Å². The molecule has 0 atom stereocenters. The highest BCUT2D eigenvalue weighted by Crippen LogP contribution is 2.26. The molecule has 2 aromatic carbocycles. The number of aromatic nitrogens is 1. The molecule has 2 heterocycles. The second-order valence-corrected chi connectivity index (χ2v) is 5.55. The molecular formula is C20H13FN2O3. The van der Waals surface area contributed by atoms with Crippen LogP contribution in [0.25, 0.3) is 28.6 Å². The largest absolute Gasteiger partial charge is 0.465 e. The van der Waals surface area contributed by atoms with Gasteiger partial charge in [0, 0.05) is 17.3 Å². The molecule has 4 aromatic rings. The highest BCUT2D eigenvalue weighted by Gasteiger charge is 2.10. The second-order valence-electron chi connectivity index (χ2n) is 5.55. The predicted octanol–water partition coefficient (Wildman–Crippen LogP) is 4.88. The minimum absolute atomic E-state index is 0.297. The van der Waals surface area contributed by atoms with Crippen LogP contribution in [0.3, 0.4) is 0 Å². The molecule has 4 rings (SSSR count). The fourth-order valence-corrected chi connectivity index (χ4v) is 2.48. The van der Waals surface area contributed by atoms with Crippen LogP contribution in [0.5, 0.6) is 0 Å². The van der Waals surface area contributed by atoms with E-state index in [1.54, 1.807) is 48.5 Å². The number of nitrogens with one attached hydrogen (secondary N) is 1. The number of fused-ring (bicyclic) bond motifs is 1. The SMILES string of the molecule is O=C(/C=C/c1ccco1)Nc1ccc2oc(-c3cccc(F)c3)nc2c1. The molecule has 0 aliphatic carbocycles. The summed E-state index contributed by atoms with van der Waals surface area (Å²) in [4.78, 5) is 16.3. The van der Waals surface area contributed by atoms with Gasteiger partial charge in [-0.1, -0.05) is 6.07 Å². The third-order valence-corrected chi connectivity index (χ3v) is 3.67. The molecule has 0 spiro atoms. The first-order valence-electron chi connectivity index (χ1n) is 7.86. The van der Waals surface area contributed by atoms with E-state index in [2.05, 4.69) is 10.3 Å².